The lowest BCUT2D eigenvalue weighted by molar-refractivity contribution is -0.127. The molecule has 2 aromatic rings. The van der Waals surface area contributed by atoms with Crippen molar-refractivity contribution >= 4 is 52.2 Å². The van der Waals surface area contributed by atoms with Crippen molar-refractivity contribution in [2.24, 2.45) is 0 Å². The first-order valence-corrected chi connectivity index (χ1v) is 11.9. The molecule has 182 valence electrons. The van der Waals surface area contributed by atoms with E-state index in [4.69, 9.17) is 32.2 Å². The van der Waals surface area contributed by atoms with Gasteiger partial charge in [0.2, 0.25) is 5.91 Å². The van der Waals surface area contributed by atoms with Gasteiger partial charge < -0.3 is 19.5 Å². The van der Waals surface area contributed by atoms with Crippen molar-refractivity contribution in [3.63, 3.8) is 0 Å². The molecule has 35 heavy (non-hydrogen) atoms. The first kappa shape index (κ1) is 26.0. The number of nitrogens with zero attached hydrogens (tertiary/aromatic N) is 1. The minimum atomic E-state index is -0.580. The van der Waals surface area contributed by atoms with Crippen molar-refractivity contribution in [3.8, 4) is 29.6 Å². The molecule has 0 saturated carbocycles. The number of terminal acetylenes is 1. The van der Waals surface area contributed by atoms with E-state index < -0.39 is 23.6 Å². The highest BCUT2D eigenvalue weighted by Crippen LogP contribution is 2.39. The molecule has 0 bridgehead atoms. The molecule has 1 saturated heterocycles. The average molecular weight is 515 g/mol. The molecular weight excluding hydrogens is 492 g/mol. The van der Waals surface area contributed by atoms with Gasteiger partial charge in [-0.2, -0.15) is 0 Å². The summed E-state index contributed by atoms with van der Waals surface area (Å²) in [5.41, 5.74) is 1.04. The quantitative estimate of drug-likeness (QED) is 0.358. The molecule has 0 atom stereocenters. The van der Waals surface area contributed by atoms with Crippen molar-refractivity contribution < 1.29 is 28.6 Å². The predicted molar refractivity (Wildman–Crippen MR) is 136 cm³/mol. The van der Waals surface area contributed by atoms with Crippen LogP contribution >= 0.6 is 23.4 Å². The number of imide groups is 1. The SMILES string of the molecule is C#CCOc1c(Cl)cc(/C=C2/SC(=O)N(CC(=O)Nc3ccc(OCC)cc3)C2=O)cc1OCC. The van der Waals surface area contributed by atoms with Crippen molar-refractivity contribution in [3.05, 3.63) is 51.9 Å². The second-order valence-corrected chi connectivity index (χ2v) is 8.43. The summed E-state index contributed by atoms with van der Waals surface area (Å²) in [6, 6.07) is 9.98. The zero-order valence-corrected chi connectivity index (χ0v) is 20.7. The van der Waals surface area contributed by atoms with Gasteiger partial charge in [0.15, 0.2) is 11.5 Å². The summed E-state index contributed by atoms with van der Waals surface area (Å²) in [6.07, 6.45) is 6.75. The number of hydrogen-bond donors (Lipinski definition) is 1. The molecule has 3 amide bonds. The molecule has 1 heterocycles. The van der Waals surface area contributed by atoms with Crippen LogP contribution in [0.5, 0.6) is 17.2 Å². The molecule has 0 aliphatic carbocycles. The van der Waals surface area contributed by atoms with Gasteiger partial charge in [-0.3, -0.25) is 19.3 Å². The Balaban J connectivity index is 1.72. The van der Waals surface area contributed by atoms with E-state index in [0.29, 0.717) is 41.7 Å². The Labute approximate surface area is 212 Å². The zero-order chi connectivity index (χ0) is 25.4. The minimum Gasteiger partial charge on any atom is -0.494 e. The lowest BCUT2D eigenvalue weighted by Crippen LogP contribution is -2.36. The van der Waals surface area contributed by atoms with E-state index in [9.17, 15) is 14.4 Å². The number of carbonyl (C=O) groups is 3. The first-order valence-electron chi connectivity index (χ1n) is 10.7. The Morgan fingerprint density at radius 1 is 1.14 bits per heavy atom. The molecule has 2 aromatic carbocycles. The smallest absolute Gasteiger partial charge is 0.294 e. The molecule has 1 aliphatic rings. The number of hydrogen-bond acceptors (Lipinski definition) is 7. The fraction of sp³-hybridized carbons (Fsp3) is 0.240. The van der Waals surface area contributed by atoms with Gasteiger partial charge in [0.05, 0.1) is 23.1 Å². The second kappa shape index (κ2) is 12.2. The van der Waals surface area contributed by atoms with Gasteiger partial charge in [-0.15, -0.1) is 6.42 Å². The van der Waals surface area contributed by atoms with E-state index >= 15 is 0 Å². The zero-order valence-electron chi connectivity index (χ0n) is 19.1. The summed E-state index contributed by atoms with van der Waals surface area (Å²) in [7, 11) is 0. The Bertz CT molecular complexity index is 1190. The Morgan fingerprint density at radius 3 is 2.51 bits per heavy atom. The highest BCUT2D eigenvalue weighted by Gasteiger charge is 2.36. The number of benzene rings is 2. The van der Waals surface area contributed by atoms with Crippen molar-refractivity contribution in [2.75, 3.05) is 31.7 Å². The van der Waals surface area contributed by atoms with E-state index in [-0.39, 0.29) is 16.5 Å². The maximum Gasteiger partial charge on any atom is 0.294 e. The van der Waals surface area contributed by atoms with Gasteiger partial charge in [-0.05, 0) is 73.6 Å². The second-order valence-electron chi connectivity index (χ2n) is 7.03. The molecular formula is C25H23ClN2O6S. The number of nitrogens with one attached hydrogen (secondary N) is 1. The molecule has 1 aliphatic heterocycles. The number of ether oxygens (including phenoxy) is 3. The summed E-state index contributed by atoms with van der Waals surface area (Å²) in [6.45, 7) is 4.15. The fourth-order valence-electron chi connectivity index (χ4n) is 3.12. The van der Waals surface area contributed by atoms with Gasteiger partial charge in [0.25, 0.3) is 11.1 Å². The van der Waals surface area contributed by atoms with Gasteiger partial charge in [-0.25, -0.2) is 0 Å². The number of amides is 3. The van der Waals surface area contributed by atoms with Crippen LogP contribution in [0.4, 0.5) is 10.5 Å². The normalized spacial score (nSPS) is 14.1. The molecule has 0 aromatic heterocycles. The Hall–Kier alpha value is -3.61. The highest BCUT2D eigenvalue weighted by atomic mass is 35.5. The van der Waals surface area contributed by atoms with Gasteiger partial charge in [0, 0.05) is 5.69 Å². The highest BCUT2D eigenvalue weighted by molar-refractivity contribution is 8.18. The minimum absolute atomic E-state index is 0.0107. The number of rotatable bonds is 10. The maximum absolute atomic E-state index is 12.8. The van der Waals surface area contributed by atoms with Crippen LogP contribution in [0.2, 0.25) is 5.02 Å². The third kappa shape index (κ3) is 6.72. The van der Waals surface area contributed by atoms with Crippen LogP contribution in [0, 0.1) is 12.3 Å². The monoisotopic (exact) mass is 514 g/mol. The fourth-order valence-corrected chi connectivity index (χ4v) is 4.23. The van der Waals surface area contributed by atoms with Crippen LogP contribution in [0.25, 0.3) is 6.08 Å². The largest absolute Gasteiger partial charge is 0.494 e. The van der Waals surface area contributed by atoms with Crippen molar-refractivity contribution in [1.29, 1.82) is 0 Å². The third-order valence-corrected chi connectivity index (χ3v) is 5.74. The lowest BCUT2D eigenvalue weighted by Gasteiger charge is -2.13. The van der Waals surface area contributed by atoms with Gasteiger partial charge in [-0.1, -0.05) is 17.5 Å². The van der Waals surface area contributed by atoms with E-state index in [1.54, 1.807) is 43.3 Å². The first-order chi connectivity index (χ1) is 16.9. The molecule has 10 heteroatoms. The standard InChI is InChI=1S/C25H23ClN2O6S/c1-4-11-34-23-19(26)12-16(13-20(23)33-6-3)14-21-24(30)28(25(31)35-21)15-22(29)27-17-7-9-18(10-8-17)32-5-2/h1,7-10,12-14H,5-6,11,15H2,2-3H3,(H,27,29)/b21-14+. The van der Waals surface area contributed by atoms with E-state index in [1.165, 1.54) is 6.08 Å². The summed E-state index contributed by atoms with van der Waals surface area (Å²) in [4.78, 5) is 38.8. The molecule has 0 spiro atoms. The lowest BCUT2D eigenvalue weighted by atomic mass is 10.1. The molecule has 1 fully saturated rings. The Morgan fingerprint density at radius 2 is 1.86 bits per heavy atom. The average Bonchev–Trinajstić information content (AvgIpc) is 3.07. The number of carbonyl (C=O) groups excluding carboxylic acids is 3. The van der Waals surface area contributed by atoms with Crippen LogP contribution in [-0.2, 0) is 9.59 Å². The topological polar surface area (TPSA) is 94.2 Å². The third-order valence-electron chi connectivity index (χ3n) is 4.55. The predicted octanol–water partition coefficient (Wildman–Crippen LogP) is 4.82. The molecule has 0 unspecified atom stereocenters. The molecule has 1 N–H and O–H groups in total. The maximum atomic E-state index is 12.8. The molecule has 3 rings (SSSR count). The summed E-state index contributed by atoms with van der Waals surface area (Å²) >= 11 is 7.06. The van der Waals surface area contributed by atoms with Crippen molar-refractivity contribution in [1.82, 2.24) is 4.90 Å². The van der Waals surface area contributed by atoms with Crippen molar-refractivity contribution in [2.45, 2.75) is 13.8 Å². The van der Waals surface area contributed by atoms with Crippen LogP contribution in [0.3, 0.4) is 0 Å². The number of anilines is 1. The van der Waals surface area contributed by atoms with Gasteiger partial charge in [0.1, 0.15) is 18.9 Å². The van der Waals surface area contributed by atoms with Crippen LogP contribution < -0.4 is 19.5 Å². The number of thioether (sulfide) groups is 1. The van der Waals surface area contributed by atoms with E-state index in [0.717, 1.165) is 16.7 Å². The van der Waals surface area contributed by atoms with Crippen LogP contribution in [0.15, 0.2) is 41.3 Å². The molecule has 0 radical (unpaired) electrons. The van der Waals surface area contributed by atoms with Crippen LogP contribution in [0.1, 0.15) is 19.4 Å². The summed E-state index contributed by atoms with van der Waals surface area (Å²) in [5.74, 6) is 2.60. The number of halogens is 1. The van der Waals surface area contributed by atoms with Crippen LogP contribution in [-0.4, -0.2) is 48.3 Å². The van der Waals surface area contributed by atoms with Gasteiger partial charge >= 0.3 is 0 Å². The summed E-state index contributed by atoms with van der Waals surface area (Å²) in [5, 5.41) is 2.36. The summed E-state index contributed by atoms with van der Waals surface area (Å²) < 4.78 is 16.4. The Kier molecular flexibility index (Phi) is 9.06. The van der Waals surface area contributed by atoms with E-state index in [2.05, 4.69) is 11.2 Å². The molecule has 8 nitrogen and oxygen atoms in total. The van der Waals surface area contributed by atoms with E-state index in [1.807, 2.05) is 6.92 Å².